The van der Waals surface area contributed by atoms with Gasteiger partial charge in [-0.15, -0.1) is 0 Å². The first kappa shape index (κ1) is 15.3. The van der Waals surface area contributed by atoms with E-state index in [2.05, 4.69) is 15.9 Å². The maximum Gasteiger partial charge on any atom is 0.416 e. The lowest BCUT2D eigenvalue weighted by molar-refractivity contribution is -0.137. The average molecular weight is 326 g/mol. The molecule has 6 heteroatoms. The van der Waals surface area contributed by atoms with Crippen molar-refractivity contribution in [2.24, 2.45) is 0 Å². The van der Waals surface area contributed by atoms with Crippen molar-refractivity contribution in [1.29, 1.82) is 0 Å². The minimum atomic E-state index is -4.36. The molecular weight excluding hydrogens is 311 g/mol. The summed E-state index contributed by atoms with van der Waals surface area (Å²) in [6.07, 6.45) is -4.36. The van der Waals surface area contributed by atoms with E-state index in [0.29, 0.717) is 10.2 Å². The van der Waals surface area contributed by atoms with E-state index in [1.54, 1.807) is 25.8 Å². The van der Waals surface area contributed by atoms with E-state index in [0.717, 1.165) is 12.1 Å². The van der Waals surface area contributed by atoms with Crippen LogP contribution in [0, 0.1) is 0 Å². The fourth-order valence-corrected chi connectivity index (χ4v) is 2.03. The number of nitrogens with zero attached hydrogens (tertiary/aromatic N) is 1. The standard InChI is InChI=1S/C12H15BrF3NO/c1-11(2,7-18)17(3)10-5-4-8(6-9(10)13)12(14,15)16/h4-6,18H,7H2,1-3H3. The first-order valence-corrected chi connectivity index (χ1v) is 6.10. The molecule has 0 bridgehead atoms. The Morgan fingerprint density at radius 1 is 1.28 bits per heavy atom. The molecule has 1 aromatic carbocycles. The molecule has 1 N–H and O–H groups in total. The van der Waals surface area contributed by atoms with Crippen molar-refractivity contribution >= 4 is 21.6 Å². The number of rotatable bonds is 3. The summed E-state index contributed by atoms with van der Waals surface area (Å²) in [5.41, 5.74) is -0.655. The van der Waals surface area contributed by atoms with Gasteiger partial charge in [-0.1, -0.05) is 0 Å². The van der Waals surface area contributed by atoms with Crippen LogP contribution in [0.15, 0.2) is 22.7 Å². The molecule has 1 rings (SSSR count). The molecule has 0 atom stereocenters. The maximum absolute atomic E-state index is 12.5. The highest BCUT2D eigenvalue weighted by Gasteiger charge is 2.32. The van der Waals surface area contributed by atoms with Crippen LogP contribution >= 0.6 is 15.9 Å². The number of aliphatic hydroxyl groups is 1. The highest BCUT2D eigenvalue weighted by atomic mass is 79.9. The van der Waals surface area contributed by atoms with E-state index in [4.69, 9.17) is 0 Å². The van der Waals surface area contributed by atoms with Crippen LogP contribution in [0.2, 0.25) is 0 Å². The van der Waals surface area contributed by atoms with Gasteiger partial charge in [-0.25, -0.2) is 0 Å². The lowest BCUT2D eigenvalue weighted by atomic mass is 10.0. The van der Waals surface area contributed by atoms with Crippen molar-refractivity contribution in [2.75, 3.05) is 18.6 Å². The third-order valence-electron chi connectivity index (χ3n) is 2.93. The van der Waals surface area contributed by atoms with Crippen LogP contribution in [0.3, 0.4) is 0 Å². The summed E-state index contributed by atoms with van der Waals surface area (Å²) in [6, 6.07) is 3.47. The Kier molecular flexibility index (Phi) is 4.33. The normalized spacial score (nSPS) is 12.7. The number of hydrogen-bond acceptors (Lipinski definition) is 2. The predicted molar refractivity (Wildman–Crippen MR) is 68.7 cm³/mol. The van der Waals surface area contributed by atoms with Crippen molar-refractivity contribution in [3.63, 3.8) is 0 Å². The van der Waals surface area contributed by atoms with Crippen LogP contribution in [0.1, 0.15) is 19.4 Å². The molecule has 0 heterocycles. The Hall–Kier alpha value is -0.750. The van der Waals surface area contributed by atoms with Gasteiger partial charge in [0, 0.05) is 11.5 Å². The first-order valence-electron chi connectivity index (χ1n) is 5.31. The second kappa shape index (κ2) is 5.09. The topological polar surface area (TPSA) is 23.5 Å². The van der Waals surface area contributed by atoms with Crippen LogP contribution in [0.4, 0.5) is 18.9 Å². The van der Waals surface area contributed by atoms with Gasteiger partial charge in [0.25, 0.3) is 0 Å². The van der Waals surface area contributed by atoms with E-state index in [1.165, 1.54) is 6.07 Å². The highest BCUT2D eigenvalue weighted by Crippen LogP contribution is 2.36. The SMILES string of the molecule is CN(c1ccc(C(F)(F)F)cc1Br)C(C)(C)CO. The third-order valence-corrected chi connectivity index (χ3v) is 3.57. The lowest BCUT2D eigenvalue weighted by Crippen LogP contribution is -2.44. The molecule has 1 aromatic rings. The van der Waals surface area contributed by atoms with Crippen LogP contribution in [-0.2, 0) is 6.18 Å². The van der Waals surface area contributed by atoms with Gasteiger partial charge in [-0.2, -0.15) is 13.2 Å². The number of anilines is 1. The zero-order chi connectivity index (χ0) is 14.1. The fraction of sp³-hybridized carbons (Fsp3) is 0.500. The van der Waals surface area contributed by atoms with E-state index in [1.807, 2.05) is 0 Å². The molecule has 0 aliphatic rings. The predicted octanol–water partition coefficient (Wildman–Crippen LogP) is 3.68. The molecule has 0 aliphatic heterocycles. The molecular formula is C12H15BrF3NO. The van der Waals surface area contributed by atoms with Gasteiger partial charge < -0.3 is 10.0 Å². The summed E-state index contributed by atoms with van der Waals surface area (Å²) in [5, 5.41) is 9.26. The molecule has 18 heavy (non-hydrogen) atoms. The van der Waals surface area contributed by atoms with Crippen molar-refractivity contribution < 1.29 is 18.3 Å². The Morgan fingerprint density at radius 2 is 1.83 bits per heavy atom. The Bertz CT molecular complexity index is 432. The molecule has 0 saturated heterocycles. The third kappa shape index (κ3) is 3.17. The monoisotopic (exact) mass is 325 g/mol. The second-order valence-corrected chi connectivity index (χ2v) is 5.55. The zero-order valence-electron chi connectivity index (χ0n) is 10.3. The van der Waals surface area contributed by atoms with Crippen LogP contribution < -0.4 is 4.90 Å². The number of hydrogen-bond donors (Lipinski definition) is 1. The van der Waals surface area contributed by atoms with Gasteiger partial charge >= 0.3 is 6.18 Å². The van der Waals surface area contributed by atoms with Gasteiger partial charge in [-0.3, -0.25) is 0 Å². The van der Waals surface area contributed by atoms with Gasteiger partial charge in [0.1, 0.15) is 0 Å². The van der Waals surface area contributed by atoms with E-state index in [9.17, 15) is 18.3 Å². The average Bonchev–Trinajstić information content (AvgIpc) is 2.26. The minimum Gasteiger partial charge on any atom is -0.394 e. The number of halogens is 4. The molecule has 2 nitrogen and oxygen atoms in total. The van der Waals surface area contributed by atoms with E-state index >= 15 is 0 Å². The van der Waals surface area contributed by atoms with Gasteiger partial charge in [-0.05, 0) is 48.0 Å². The van der Waals surface area contributed by atoms with E-state index in [-0.39, 0.29) is 6.61 Å². The number of benzene rings is 1. The molecule has 0 saturated carbocycles. The van der Waals surface area contributed by atoms with Crippen LogP contribution in [0.5, 0.6) is 0 Å². The lowest BCUT2D eigenvalue weighted by Gasteiger charge is -2.36. The fourth-order valence-electron chi connectivity index (χ4n) is 1.39. The zero-order valence-corrected chi connectivity index (χ0v) is 11.9. The smallest absolute Gasteiger partial charge is 0.394 e. The molecule has 0 aliphatic carbocycles. The second-order valence-electron chi connectivity index (χ2n) is 4.69. The number of aliphatic hydroxyl groups excluding tert-OH is 1. The summed E-state index contributed by atoms with van der Waals surface area (Å²) in [7, 11) is 1.73. The number of alkyl halides is 3. The summed E-state index contributed by atoms with van der Waals surface area (Å²) in [4.78, 5) is 1.73. The van der Waals surface area contributed by atoms with Crippen molar-refractivity contribution in [3.05, 3.63) is 28.2 Å². The maximum atomic E-state index is 12.5. The quantitative estimate of drug-likeness (QED) is 0.916. The summed E-state index contributed by atoms with van der Waals surface area (Å²) in [6.45, 7) is 3.51. The Morgan fingerprint density at radius 3 is 2.22 bits per heavy atom. The molecule has 0 radical (unpaired) electrons. The van der Waals surface area contributed by atoms with Crippen molar-refractivity contribution in [1.82, 2.24) is 0 Å². The molecule has 0 spiro atoms. The van der Waals surface area contributed by atoms with Gasteiger partial charge in [0.15, 0.2) is 0 Å². The van der Waals surface area contributed by atoms with Crippen LogP contribution in [-0.4, -0.2) is 24.3 Å². The summed E-state index contributed by atoms with van der Waals surface area (Å²) >= 11 is 3.14. The first-order chi connectivity index (χ1) is 8.09. The minimum absolute atomic E-state index is 0.100. The molecule has 102 valence electrons. The van der Waals surface area contributed by atoms with E-state index < -0.39 is 17.3 Å². The molecule has 0 fully saturated rings. The van der Waals surface area contributed by atoms with Crippen molar-refractivity contribution in [2.45, 2.75) is 25.6 Å². The van der Waals surface area contributed by atoms with Crippen LogP contribution in [0.25, 0.3) is 0 Å². The molecule has 0 unspecified atom stereocenters. The van der Waals surface area contributed by atoms with Crippen molar-refractivity contribution in [3.8, 4) is 0 Å². The largest absolute Gasteiger partial charge is 0.416 e. The summed E-state index contributed by atoms with van der Waals surface area (Å²) < 4.78 is 37.9. The molecule has 0 amide bonds. The summed E-state index contributed by atoms with van der Waals surface area (Å²) in [5.74, 6) is 0. The number of likely N-dealkylation sites (N-methyl/N-ethyl adjacent to an activating group) is 1. The van der Waals surface area contributed by atoms with Gasteiger partial charge in [0.05, 0.1) is 23.4 Å². The molecule has 0 aromatic heterocycles. The van der Waals surface area contributed by atoms with Gasteiger partial charge in [0.2, 0.25) is 0 Å². The highest BCUT2D eigenvalue weighted by molar-refractivity contribution is 9.10. The Labute approximate surface area is 113 Å². The Balaban J connectivity index is 3.14.